The van der Waals surface area contributed by atoms with Crippen LogP contribution in [0.4, 0.5) is 0 Å². The Morgan fingerprint density at radius 1 is 1.09 bits per heavy atom. The number of rotatable bonds is 8. The molecule has 1 unspecified atom stereocenters. The van der Waals surface area contributed by atoms with Crippen molar-refractivity contribution < 1.29 is 18.8 Å². The van der Waals surface area contributed by atoms with E-state index >= 15 is 0 Å². The second kappa shape index (κ2) is 10.4. The minimum atomic E-state index is -0.485. The van der Waals surface area contributed by atoms with Crippen LogP contribution in [0.2, 0.25) is 0 Å². The normalized spacial score (nSPS) is 13.8. The van der Waals surface area contributed by atoms with Crippen LogP contribution in [0.25, 0.3) is 11.4 Å². The highest BCUT2D eigenvalue weighted by Gasteiger charge is 2.16. The zero-order chi connectivity index (χ0) is 23.2. The van der Waals surface area contributed by atoms with Gasteiger partial charge in [-0.3, -0.25) is 9.59 Å². The molecule has 0 saturated carbocycles. The predicted octanol–water partition coefficient (Wildman–Crippen LogP) is 4.28. The molecule has 3 aromatic rings. The fraction of sp³-hybridized carbons (Fsp3) is 0.385. The lowest BCUT2D eigenvalue weighted by Gasteiger charge is -2.20. The van der Waals surface area contributed by atoms with Crippen LogP contribution >= 0.6 is 0 Å². The van der Waals surface area contributed by atoms with E-state index in [0.717, 1.165) is 29.5 Å². The molecule has 4 rings (SSSR count). The van der Waals surface area contributed by atoms with Crippen LogP contribution in [0.3, 0.4) is 0 Å². The number of benzene rings is 2. The Hall–Kier alpha value is -3.48. The van der Waals surface area contributed by atoms with Crippen molar-refractivity contribution in [3.05, 3.63) is 70.6 Å². The van der Waals surface area contributed by atoms with Crippen molar-refractivity contribution in [1.82, 2.24) is 15.5 Å². The number of fused-ring (bicyclic) bond motifs is 1. The lowest BCUT2D eigenvalue weighted by Crippen LogP contribution is -2.31. The first-order chi connectivity index (χ1) is 16.0. The molecule has 0 fully saturated rings. The van der Waals surface area contributed by atoms with E-state index in [2.05, 4.69) is 33.7 Å². The zero-order valence-electron chi connectivity index (χ0n) is 19.1. The van der Waals surface area contributed by atoms with Gasteiger partial charge in [0.1, 0.15) is 0 Å². The molecular formula is C26H29N3O4. The number of nitrogens with one attached hydrogen (secondary N) is 1. The number of carbonyl (C=O) groups is 2. The molecule has 1 aromatic heterocycles. The van der Waals surface area contributed by atoms with E-state index in [1.165, 1.54) is 24.0 Å². The maximum absolute atomic E-state index is 12.2. The smallest absolute Gasteiger partial charge is 0.306 e. The average Bonchev–Trinajstić information content (AvgIpc) is 3.30. The number of hydrogen-bond donors (Lipinski definition) is 1. The van der Waals surface area contributed by atoms with Crippen molar-refractivity contribution in [3.8, 4) is 11.4 Å². The molecule has 1 heterocycles. The molecule has 2 aromatic carbocycles. The summed E-state index contributed by atoms with van der Waals surface area (Å²) >= 11 is 0. The first-order valence-corrected chi connectivity index (χ1v) is 11.4. The van der Waals surface area contributed by atoms with Crippen LogP contribution in [0.1, 0.15) is 60.4 Å². The lowest BCUT2D eigenvalue weighted by molar-refractivity contribution is -0.148. The molecule has 33 heavy (non-hydrogen) atoms. The maximum atomic E-state index is 12.2. The minimum absolute atomic E-state index is 0.0587. The van der Waals surface area contributed by atoms with Gasteiger partial charge in [0.2, 0.25) is 11.7 Å². The van der Waals surface area contributed by atoms with Gasteiger partial charge >= 0.3 is 5.97 Å². The van der Waals surface area contributed by atoms with Crippen LogP contribution in [0.15, 0.2) is 47.0 Å². The van der Waals surface area contributed by atoms with Gasteiger partial charge in [-0.1, -0.05) is 53.2 Å². The van der Waals surface area contributed by atoms with Gasteiger partial charge in [-0.15, -0.1) is 0 Å². The Balaban J connectivity index is 1.20. The van der Waals surface area contributed by atoms with Gasteiger partial charge in [0.15, 0.2) is 6.61 Å². The van der Waals surface area contributed by atoms with Gasteiger partial charge in [0, 0.05) is 12.0 Å². The van der Waals surface area contributed by atoms with Crippen molar-refractivity contribution in [2.45, 2.75) is 58.4 Å². The molecule has 0 spiro atoms. The molecule has 0 bridgehead atoms. The minimum Gasteiger partial charge on any atom is -0.456 e. The van der Waals surface area contributed by atoms with Crippen molar-refractivity contribution in [2.75, 3.05) is 6.61 Å². The number of aromatic nitrogens is 2. The Labute approximate surface area is 193 Å². The van der Waals surface area contributed by atoms with E-state index in [9.17, 15) is 9.59 Å². The van der Waals surface area contributed by atoms with Crippen LogP contribution in [-0.4, -0.2) is 28.6 Å². The van der Waals surface area contributed by atoms with Gasteiger partial charge in [0.25, 0.3) is 5.91 Å². The van der Waals surface area contributed by atoms with Crippen molar-refractivity contribution in [2.24, 2.45) is 0 Å². The number of esters is 1. The summed E-state index contributed by atoms with van der Waals surface area (Å²) in [7, 11) is 0. The van der Waals surface area contributed by atoms with Gasteiger partial charge in [0.05, 0.1) is 12.5 Å². The number of carbonyl (C=O) groups excluding carboxylic acids is 2. The van der Waals surface area contributed by atoms with Crippen LogP contribution in [-0.2, 0) is 33.6 Å². The highest BCUT2D eigenvalue weighted by Crippen LogP contribution is 2.24. The monoisotopic (exact) mass is 447 g/mol. The van der Waals surface area contributed by atoms with Gasteiger partial charge in [-0.2, -0.15) is 4.98 Å². The summed E-state index contributed by atoms with van der Waals surface area (Å²) in [6, 6.07) is 14.0. The van der Waals surface area contributed by atoms with Crippen molar-refractivity contribution >= 4 is 11.9 Å². The quantitative estimate of drug-likeness (QED) is 0.518. The predicted molar refractivity (Wildman–Crippen MR) is 123 cm³/mol. The zero-order valence-corrected chi connectivity index (χ0v) is 19.1. The van der Waals surface area contributed by atoms with E-state index in [-0.39, 0.29) is 31.4 Å². The molecule has 7 heteroatoms. The lowest BCUT2D eigenvalue weighted by atomic mass is 9.89. The van der Waals surface area contributed by atoms with E-state index in [1.807, 2.05) is 38.1 Å². The number of ether oxygens (including phenoxy) is 1. The van der Waals surface area contributed by atoms with Gasteiger partial charge in [-0.25, -0.2) is 0 Å². The van der Waals surface area contributed by atoms with Gasteiger partial charge in [-0.05, 0) is 56.2 Å². The van der Waals surface area contributed by atoms with Crippen LogP contribution in [0, 0.1) is 6.92 Å². The van der Waals surface area contributed by atoms with E-state index in [4.69, 9.17) is 9.26 Å². The summed E-state index contributed by atoms with van der Waals surface area (Å²) in [6.07, 6.45) is 4.99. The Kier molecular flexibility index (Phi) is 7.17. The third kappa shape index (κ3) is 6.06. The second-order valence-electron chi connectivity index (χ2n) is 8.56. The molecule has 1 aliphatic rings. The van der Waals surface area contributed by atoms with E-state index < -0.39 is 5.97 Å². The summed E-state index contributed by atoms with van der Waals surface area (Å²) in [5.74, 6) is 0.0246. The summed E-state index contributed by atoms with van der Waals surface area (Å²) < 4.78 is 10.3. The third-order valence-electron chi connectivity index (χ3n) is 5.94. The van der Waals surface area contributed by atoms with Gasteiger partial charge < -0.3 is 14.6 Å². The average molecular weight is 448 g/mol. The van der Waals surface area contributed by atoms with E-state index in [0.29, 0.717) is 11.7 Å². The molecule has 0 saturated heterocycles. The van der Waals surface area contributed by atoms with E-state index in [1.54, 1.807) is 0 Å². The first-order valence-electron chi connectivity index (χ1n) is 11.4. The number of amides is 1. The Morgan fingerprint density at radius 2 is 1.85 bits per heavy atom. The highest BCUT2D eigenvalue weighted by atomic mass is 16.5. The Bertz CT molecular complexity index is 1120. The largest absolute Gasteiger partial charge is 0.456 e. The summed E-state index contributed by atoms with van der Waals surface area (Å²) in [6.45, 7) is 3.63. The molecule has 1 amide bonds. The molecule has 0 radical (unpaired) electrons. The van der Waals surface area contributed by atoms with Crippen molar-refractivity contribution in [3.63, 3.8) is 0 Å². The number of hydrogen-bond acceptors (Lipinski definition) is 6. The standard InChI is InChI=1S/C26H29N3O4/c1-17-7-9-20(10-8-17)26-28-24(33-29-26)13-14-25(31)32-16-23(30)27-18(2)21-12-11-19-5-3-4-6-22(19)15-21/h7-12,15,18H,3-6,13-14,16H2,1-2H3,(H,27,30). The summed E-state index contributed by atoms with van der Waals surface area (Å²) in [5.41, 5.74) is 5.84. The van der Waals surface area contributed by atoms with Crippen molar-refractivity contribution in [1.29, 1.82) is 0 Å². The molecule has 1 aliphatic carbocycles. The maximum Gasteiger partial charge on any atom is 0.306 e. The Morgan fingerprint density at radius 3 is 2.64 bits per heavy atom. The number of aryl methyl sites for hydroxylation is 4. The van der Waals surface area contributed by atoms with Crippen LogP contribution < -0.4 is 5.32 Å². The fourth-order valence-electron chi connectivity index (χ4n) is 3.99. The highest BCUT2D eigenvalue weighted by molar-refractivity contribution is 5.80. The summed E-state index contributed by atoms with van der Waals surface area (Å²) in [4.78, 5) is 28.6. The molecule has 1 N–H and O–H groups in total. The molecular weight excluding hydrogens is 418 g/mol. The molecule has 172 valence electrons. The second-order valence-corrected chi connectivity index (χ2v) is 8.56. The fourth-order valence-corrected chi connectivity index (χ4v) is 3.99. The molecule has 0 aliphatic heterocycles. The summed E-state index contributed by atoms with van der Waals surface area (Å²) in [5, 5.41) is 6.85. The first kappa shape index (κ1) is 22.7. The number of nitrogens with zero attached hydrogens (tertiary/aromatic N) is 2. The molecule has 1 atom stereocenters. The topological polar surface area (TPSA) is 94.3 Å². The SMILES string of the molecule is Cc1ccc(-c2noc(CCC(=O)OCC(=O)NC(C)c3ccc4c(c3)CCCC4)n2)cc1. The third-order valence-corrected chi connectivity index (χ3v) is 5.94. The van der Waals surface area contributed by atoms with Crippen LogP contribution in [0.5, 0.6) is 0 Å². The molecule has 7 nitrogen and oxygen atoms in total.